The van der Waals surface area contributed by atoms with Gasteiger partial charge in [0.25, 0.3) is 0 Å². The van der Waals surface area contributed by atoms with E-state index in [9.17, 15) is 4.79 Å². The Kier molecular flexibility index (Phi) is 3.77. The van der Waals surface area contributed by atoms with Gasteiger partial charge in [-0.25, -0.2) is 0 Å². The first-order valence-corrected chi connectivity index (χ1v) is 6.96. The van der Waals surface area contributed by atoms with Gasteiger partial charge in [-0.05, 0) is 35.9 Å². The molecule has 0 spiro atoms. The number of Topliss-reactive ketones (excluding diaryl/α,β-unsaturated/α-hetero) is 1. The number of ketones is 1. The largest absolute Gasteiger partial charge is 0.493 e. The van der Waals surface area contributed by atoms with Crippen molar-refractivity contribution < 1.29 is 19.0 Å². The molecule has 22 heavy (non-hydrogen) atoms. The van der Waals surface area contributed by atoms with Crippen molar-refractivity contribution in [3.05, 3.63) is 58.3 Å². The smallest absolute Gasteiger partial charge is 0.235 e. The second-order valence-electron chi connectivity index (χ2n) is 4.67. The molecule has 112 valence electrons. The van der Waals surface area contributed by atoms with Gasteiger partial charge in [0.15, 0.2) is 17.3 Å². The molecule has 1 heterocycles. The first-order chi connectivity index (χ1) is 10.6. The minimum Gasteiger partial charge on any atom is -0.493 e. The predicted molar refractivity (Wildman–Crippen MR) is 83.9 cm³/mol. The molecule has 3 rings (SSSR count). The number of benzene rings is 2. The van der Waals surface area contributed by atoms with Crippen LogP contribution in [0.4, 0.5) is 0 Å². The Morgan fingerprint density at radius 1 is 1.05 bits per heavy atom. The van der Waals surface area contributed by atoms with Crippen LogP contribution in [0, 0.1) is 0 Å². The average Bonchev–Trinajstić information content (AvgIpc) is 2.85. The van der Waals surface area contributed by atoms with Crippen LogP contribution in [0.15, 0.2) is 42.2 Å². The van der Waals surface area contributed by atoms with E-state index >= 15 is 0 Å². The van der Waals surface area contributed by atoms with Crippen molar-refractivity contribution in [1.82, 2.24) is 0 Å². The van der Waals surface area contributed by atoms with Gasteiger partial charge in [-0.1, -0.05) is 23.7 Å². The third-order valence-corrected chi connectivity index (χ3v) is 3.60. The van der Waals surface area contributed by atoms with E-state index in [0.29, 0.717) is 27.8 Å². The maximum atomic E-state index is 12.6. The summed E-state index contributed by atoms with van der Waals surface area (Å²) in [5, 5.41) is 0.635. The van der Waals surface area contributed by atoms with Crippen LogP contribution in [0.3, 0.4) is 0 Å². The van der Waals surface area contributed by atoms with Gasteiger partial charge in [0.05, 0.1) is 14.2 Å². The molecule has 0 N–H and O–H groups in total. The third-order valence-electron chi connectivity index (χ3n) is 3.35. The minimum atomic E-state index is -0.235. The van der Waals surface area contributed by atoms with Crippen LogP contribution in [0.5, 0.6) is 17.2 Å². The lowest BCUT2D eigenvalue weighted by atomic mass is 10.1. The van der Waals surface area contributed by atoms with E-state index in [-0.39, 0.29) is 11.5 Å². The zero-order valence-corrected chi connectivity index (χ0v) is 12.8. The fraction of sp³-hybridized carbons (Fsp3) is 0.118. The second-order valence-corrected chi connectivity index (χ2v) is 5.10. The molecule has 0 saturated carbocycles. The van der Waals surface area contributed by atoms with Gasteiger partial charge in [0, 0.05) is 5.02 Å². The monoisotopic (exact) mass is 316 g/mol. The zero-order chi connectivity index (χ0) is 15.7. The Bertz CT molecular complexity index is 763. The molecule has 4 nitrogen and oxygen atoms in total. The van der Waals surface area contributed by atoms with E-state index in [1.165, 1.54) is 14.2 Å². The average molecular weight is 317 g/mol. The topological polar surface area (TPSA) is 44.8 Å². The zero-order valence-electron chi connectivity index (χ0n) is 12.1. The molecule has 1 aliphatic heterocycles. The number of hydrogen-bond acceptors (Lipinski definition) is 4. The van der Waals surface area contributed by atoms with E-state index in [1.807, 2.05) is 12.1 Å². The van der Waals surface area contributed by atoms with Crippen LogP contribution < -0.4 is 14.2 Å². The Labute approximate surface area is 132 Å². The second kappa shape index (κ2) is 5.73. The molecule has 0 atom stereocenters. The molecule has 0 fully saturated rings. The number of allylic oxidation sites excluding steroid dienone is 1. The highest BCUT2D eigenvalue weighted by atomic mass is 35.5. The summed E-state index contributed by atoms with van der Waals surface area (Å²) < 4.78 is 16.1. The van der Waals surface area contributed by atoms with E-state index in [1.54, 1.807) is 30.3 Å². The van der Waals surface area contributed by atoms with Gasteiger partial charge >= 0.3 is 0 Å². The molecule has 0 radical (unpaired) electrons. The van der Waals surface area contributed by atoms with Gasteiger partial charge in [-0.2, -0.15) is 0 Å². The number of hydrogen-bond donors (Lipinski definition) is 0. The van der Waals surface area contributed by atoms with Gasteiger partial charge in [0.1, 0.15) is 11.3 Å². The van der Waals surface area contributed by atoms with Crippen LogP contribution >= 0.6 is 11.6 Å². The van der Waals surface area contributed by atoms with E-state index in [0.717, 1.165) is 5.56 Å². The Morgan fingerprint density at radius 2 is 1.77 bits per heavy atom. The third kappa shape index (κ3) is 2.42. The fourth-order valence-electron chi connectivity index (χ4n) is 2.30. The van der Waals surface area contributed by atoms with Crippen LogP contribution in [0.2, 0.25) is 5.02 Å². The maximum Gasteiger partial charge on any atom is 0.235 e. The summed E-state index contributed by atoms with van der Waals surface area (Å²) >= 11 is 5.85. The first-order valence-electron chi connectivity index (χ1n) is 6.59. The molecule has 2 aromatic carbocycles. The van der Waals surface area contributed by atoms with Gasteiger partial charge in [0.2, 0.25) is 5.78 Å². The van der Waals surface area contributed by atoms with Gasteiger partial charge in [-0.3, -0.25) is 4.79 Å². The summed E-state index contributed by atoms with van der Waals surface area (Å²) in [6.07, 6.45) is 1.67. The van der Waals surface area contributed by atoms with Crippen LogP contribution in [-0.2, 0) is 0 Å². The number of carbonyl (C=O) groups excluding carboxylic acids is 1. The quantitative estimate of drug-likeness (QED) is 0.804. The van der Waals surface area contributed by atoms with Crippen LogP contribution in [0.25, 0.3) is 6.08 Å². The highest BCUT2D eigenvalue weighted by Crippen LogP contribution is 2.43. The number of methoxy groups -OCH3 is 2. The van der Waals surface area contributed by atoms with Crippen molar-refractivity contribution in [2.45, 2.75) is 0 Å². The number of carbonyl (C=O) groups is 1. The number of halogens is 1. The van der Waals surface area contributed by atoms with E-state index in [2.05, 4.69) is 0 Å². The van der Waals surface area contributed by atoms with Crippen molar-refractivity contribution in [3.63, 3.8) is 0 Å². The summed E-state index contributed by atoms with van der Waals surface area (Å²) in [7, 11) is 3.02. The highest BCUT2D eigenvalue weighted by molar-refractivity contribution is 6.30. The van der Waals surface area contributed by atoms with Crippen LogP contribution in [0.1, 0.15) is 15.9 Å². The molecule has 0 bridgehead atoms. The lowest BCUT2D eigenvalue weighted by Gasteiger charge is -2.09. The number of rotatable bonds is 3. The Morgan fingerprint density at radius 3 is 2.41 bits per heavy atom. The minimum absolute atomic E-state index is 0.235. The molecule has 5 heteroatoms. The van der Waals surface area contributed by atoms with Crippen molar-refractivity contribution >= 4 is 23.5 Å². The summed E-state index contributed by atoms with van der Waals surface area (Å²) in [5.41, 5.74) is 1.20. The molecule has 1 aliphatic rings. The Balaban J connectivity index is 2.02. The number of ether oxygens (including phenoxy) is 3. The molecule has 0 saturated heterocycles. The summed E-state index contributed by atoms with van der Waals surface area (Å²) in [4.78, 5) is 12.6. The molecule has 0 amide bonds. The van der Waals surface area contributed by atoms with E-state index < -0.39 is 0 Å². The number of fused-ring (bicyclic) bond motifs is 1. The summed E-state index contributed by atoms with van der Waals surface area (Å²) in [6, 6.07) is 10.5. The predicted octanol–water partition coefficient (Wildman–Crippen LogP) is 3.97. The maximum absolute atomic E-state index is 12.6. The molecule has 0 aromatic heterocycles. The molecule has 2 aromatic rings. The highest BCUT2D eigenvalue weighted by Gasteiger charge is 2.32. The van der Waals surface area contributed by atoms with Crippen molar-refractivity contribution in [2.24, 2.45) is 0 Å². The first kappa shape index (κ1) is 14.5. The van der Waals surface area contributed by atoms with Crippen molar-refractivity contribution in [1.29, 1.82) is 0 Å². The molecule has 0 unspecified atom stereocenters. The van der Waals surface area contributed by atoms with Crippen molar-refractivity contribution in [2.75, 3.05) is 14.2 Å². The standard InChI is InChI=1S/C17H13ClO4/c1-20-13-8-7-12-15(17(13)21-2)16(19)14(22-12)9-10-3-5-11(18)6-4-10/h3-9H,1-2H3/b14-9-. The molecular weight excluding hydrogens is 304 g/mol. The van der Waals surface area contributed by atoms with E-state index in [4.69, 9.17) is 25.8 Å². The summed E-state index contributed by atoms with van der Waals surface area (Å²) in [6.45, 7) is 0. The SMILES string of the molecule is COc1ccc2c(c1OC)C(=O)/C(=C/c1ccc(Cl)cc1)O2. The fourth-order valence-corrected chi connectivity index (χ4v) is 2.43. The van der Waals surface area contributed by atoms with Crippen LogP contribution in [-0.4, -0.2) is 20.0 Å². The van der Waals surface area contributed by atoms with Gasteiger partial charge in [-0.15, -0.1) is 0 Å². The normalized spacial score (nSPS) is 14.7. The lowest BCUT2D eigenvalue weighted by molar-refractivity contribution is 0.101. The lowest BCUT2D eigenvalue weighted by Crippen LogP contribution is -2.01. The Hall–Kier alpha value is -2.46. The molecular formula is C17H13ClO4. The summed E-state index contributed by atoms with van der Waals surface area (Å²) in [5.74, 6) is 1.34. The van der Waals surface area contributed by atoms with Gasteiger partial charge < -0.3 is 14.2 Å². The molecule has 0 aliphatic carbocycles. The van der Waals surface area contributed by atoms with Crippen molar-refractivity contribution in [3.8, 4) is 17.2 Å².